The van der Waals surface area contributed by atoms with E-state index in [1.54, 1.807) is 0 Å². The lowest BCUT2D eigenvalue weighted by molar-refractivity contribution is 0.890. The summed E-state index contributed by atoms with van der Waals surface area (Å²) in [5.41, 5.74) is 2.51. The molecule has 0 spiro atoms. The molecule has 1 aliphatic carbocycles. The molecule has 0 bridgehead atoms. The van der Waals surface area contributed by atoms with Crippen LogP contribution in [0.1, 0.15) is 23.5 Å². The predicted octanol–water partition coefficient (Wildman–Crippen LogP) is 1.14. The Kier molecular flexibility index (Phi) is 1.79. The molecular weight excluding hydrogens is 148 g/mol. The van der Waals surface area contributed by atoms with Gasteiger partial charge in [0.05, 0.1) is 6.42 Å². The molecule has 0 fully saturated rings. The molecule has 1 heterocycles. The number of aromatic nitrogens is 2. The highest BCUT2D eigenvalue weighted by Gasteiger charge is 2.12. The van der Waals surface area contributed by atoms with Crippen molar-refractivity contribution in [2.45, 2.75) is 25.7 Å². The van der Waals surface area contributed by atoms with Crippen LogP contribution in [-0.4, -0.2) is 9.97 Å². The number of aryl methyl sites for hydroxylation is 2. The number of hydrogen-bond donors (Lipinski definition) is 0. The van der Waals surface area contributed by atoms with Crippen molar-refractivity contribution < 1.29 is 0 Å². The number of hydrogen-bond acceptors (Lipinski definition) is 2. The highest BCUT2D eigenvalue weighted by Crippen LogP contribution is 2.18. The Hall–Kier alpha value is -1.36. The SMILES string of the molecule is C#CCc1ncc2c(n1)CCC2. The standard InChI is InChI=1S/C10H10N2/c1-2-4-10-11-7-8-5-3-6-9(8)12-10/h1,7H,3-6H2. The van der Waals surface area contributed by atoms with E-state index in [1.165, 1.54) is 17.7 Å². The predicted molar refractivity (Wildman–Crippen MR) is 46.6 cm³/mol. The van der Waals surface area contributed by atoms with Crippen LogP contribution in [0.5, 0.6) is 0 Å². The third-order valence-electron chi connectivity index (χ3n) is 2.12. The summed E-state index contributed by atoms with van der Waals surface area (Å²) in [6.45, 7) is 0. The fourth-order valence-corrected chi connectivity index (χ4v) is 1.53. The summed E-state index contributed by atoms with van der Waals surface area (Å²) in [5, 5.41) is 0. The van der Waals surface area contributed by atoms with Gasteiger partial charge in [-0.3, -0.25) is 0 Å². The second-order valence-electron chi connectivity index (χ2n) is 2.99. The van der Waals surface area contributed by atoms with Gasteiger partial charge in [-0.05, 0) is 24.8 Å². The zero-order valence-electron chi connectivity index (χ0n) is 6.88. The molecule has 0 aliphatic heterocycles. The van der Waals surface area contributed by atoms with Crippen molar-refractivity contribution >= 4 is 0 Å². The number of nitrogens with zero attached hydrogens (tertiary/aromatic N) is 2. The van der Waals surface area contributed by atoms with Crippen LogP contribution in [0.15, 0.2) is 6.20 Å². The molecule has 0 unspecified atom stereocenters. The number of terminal acetylenes is 1. The molecule has 12 heavy (non-hydrogen) atoms. The zero-order chi connectivity index (χ0) is 8.39. The molecular formula is C10H10N2. The van der Waals surface area contributed by atoms with Crippen molar-refractivity contribution in [3.63, 3.8) is 0 Å². The van der Waals surface area contributed by atoms with Gasteiger partial charge in [0.25, 0.3) is 0 Å². The Morgan fingerprint density at radius 1 is 1.50 bits per heavy atom. The van der Waals surface area contributed by atoms with E-state index in [2.05, 4.69) is 15.9 Å². The first-order chi connectivity index (χ1) is 5.90. The van der Waals surface area contributed by atoms with E-state index in [0.717, 1.165) is 18.7 Å². The molecule has 0 N–H and O–H groups in total. The van der Waals surface area contributed by atoms with Gasteiger partial charge in [-0.15, -0.1) is 6.42 Å². The van der Waals surface area contributed by atoms with Gasteiger partial charge in [0.1, 0.15) is 5.82 Å². The Bertz CT molecular complexity index is 336. The van der Waals surface area contributed by atoms with Crippen molar-refractivity contribution in [3.8, 4) is 12.3 Å². The van der Waals surface area contributed by atoms with Crippen LogP contribution in [0.2, 0.25) is 0 Å². The summed E-state index contributed by atoms with van der Waals surface area (Å²) < 4.78 is 0. The zero-order valence-corrected chi connectivity index (χ0v) is 6.88. The third kappa shape index (κ3) is 1.18. The van der Waals surface area contributed by atoms with Crippen molar-refractivity contribution in [1.82, 2.24) is 9.97 Å². The van der Waals surface area contributed by atoms with E-state index in [1.807, 2.05) is 6.20 Å². The quantitative estimate of drug-likeness (QED) is 0.573. The molecule has 2 rings (SSSR count). The van der Waals surface area contributed by atoms with Crippen LogP contribution >= 0.6 is 0 Å². The molecule has 0 saturated carbocycles. The van der Waals surface area contributed by atoms with E-state index < -0.39 is 0 Å². The lowest BCUT2D eigenvalue weighted by atomic mass is 10.2. The summed E-state index contributed by atoms with van der Waals surface area (Å²) >= 11 is 0. The molecule has 1 aromatic rings. The fourth-order valence-electron chi connectivity index (χ4n) is 1.53. The van der Waals surface area contributed by atoms with Gasteiger partial charge in [0, 0.05) is 11.9 Å². The van der Waals surface area contributed by atoms with E-state index in [9.17, 15) is 0 Å². The molecule has 2 nitrogen and oxygen atoms in total. The first-order valence-electron chi connectivity index (χ1n) is 4.17. The Labute approximate surface area is 72.1 Å². The Morgan fingerprint density at radius 3 is 3.25 bits per heavy atom. The third-order valence-corrected chi connectivity index (χ3v) is 2.12. The Morgan fingerprint density at radius 2 is 2.42 bits per heavy atom. The molecule has 0 saturated heterocycles. The number of fused-ring (bicyclic) bond motifs is 1. The summed E-state index contributed by atoms with van der Waals surface area (Å²) in [5.74, 6) is 3.34. The summed E-state index contributed by atoms with van der Waals surface area (Å²) in [7, 11) is 0. The van der Waals surface area contributed by atoms with Crippen molar-refractivity contribution in [1.29, 1.82) is 0 Å². The largest absolute Gasteiger partial charge is 0.240 e. The maximum Gasteiger partial charge on any atom is 0.140 e. The van der Waals surface area contributed by atoms with Crippen molar-refractivity contribution in [3.05, 3.63) is 23.3 Å². The minimum Gasteiger partial charge on any atom is -0.240 e. The van der Waals surface area contributed by atoms with Crippen molar-refractivity contribution in [2.24, 2.45) is 0 Å². The molecule has 0 radical (unpaired) electrons. The maximum absolute atomic E-state index is 5.18. The van der Waals surface area contributed by atoms with Gasteiger partial charge in [0.2, 0.25) is 0 Å². The first kappa shape index (κ1) is 7.30. The van der Waals surface area contributed by atoms with Crippen molar-refractivity contribution in [2.75, 3.05) is 0 Å². The van der Waals surface area contributed by atoms with Gasteiger partial charge in [-0.25, -0.2) is 9.97 Å². The smallest absolute Gasteiger partial charge is 0.140 e. The highest BCUT2D eigenvalue weighted by atomic mass is 14.9. The molecule has 0 aromatic carbocycles. The monoisotopic (exact) mass is 158 g/mol. The second kappa shape index (κ2) is 2.94. The van der Waals surface area contributed by atoms with E-state index >= 15 is 0 Å². The number of rotatable bonds is 1. The second-order valence-corrected chi connectivity index (χ2v) is 2.99. The van der Waals surface area contributed by atoms with Gasteiger partial charge in [-0.2, -0.15) is 0 Å². The summed E-state index contributed by atoms with van der Waals surface area (Å²) in [4.78, 5) is 8.58. The molecule has 1 aliphatic rings. The molecule has 2 heteroatoms. The van der Waals surface area contributed by atoms with E-state index in [-0.39, 0.29) is 0 Å². The lowest BCUT2D eigenvalue weighted by Crippen LogP contribution is -1.97. The maximum atomic E-state index is 5.18. The molecule has 0 amide bonds. The molecule has 1 aromatic heterocycles. The minimum absolute atomic E-state index is 0.549. The first-order valence-corrected chi connectivity index (χ1v) is 4.17. The topological polar surface area (TPSA) is 25.8 Å². The van der Waals surface area contributed by atoms with Crippen LogP contribution in [0.4, 0.5) is 0 Å². The van der Waals surface area contributed by atoms with Gasteiger partial charge >= 0.3 is 0 Å². The average molecular weight is 158 g/mol. The van der Waals surface area contributed by atoms with Crippen LogP contribution in [-0.2, 0) is 19.3 Å². The van der Waals surface area contributed by atoms with Crippen LogP contribution in [0.25, 0.3) is 0 Å². The average Bonchev–Trinajstić information content (AvgIpc) is 2.51. The minimum atomic E-state index is 0.549. The fraction of sp³-hybridized carbons (Fsp3) is 0.400. The van der Waals surface area contributed by atoms with Crippen LogP contribution in [0.3, 0.4) is 0 Å². The highest BCUT2D eigenvalue weighted by molar-refractivity contribution is 5.23. The Balaban J connectivity index is 2.34. The van der Waals surface area contributed by atoms with Gasteiger partial charge in [-0.1, -0.05) is 5.92 Å². The molecule has 60 valence electrons. The van der Waals surface area contributed by atoms with Crippen LogP contribution < -0.4 is 0 Å². The van der Waals surface area contributed by atoms with Gasteiger partial charge < -0.3 is 0 Å². The lowest BCUT2D eigenvalue weighted by Gasteiger charge is -1.98. The van der Waals surface area contributed by atoms with E-state index in [0.29, 0.717) is 6.42 Å². The summed E-state index contributed by atoms with van der Waals surface area (Å²) in [6, 6.07) is 0. The van der Waals surface area contributed by atoms with Gasteiger partial charge in [0.15, 0.2) is 0 Å². The normalized spacial score (nSPS) is 13.9. The van der Waals surface area contributed by atoms with Crippen LogP contribution in [0, 0.1) is 12.3 Å². The summed E-state index contributed by atoms with van der Waals surface area (Å²) in [6.07, 6.45) is 11.1. The van der Waals surface area contributed by atoms with E-state index in [4.69, 9.17) is 6.42 Å². The molecule has 0 atom stereocenters.